The van der Waals surface area contributed by atoms with Gasteiger partial charge in [-0.25, -0.2) is 8.42 Å². The lowest BCUT2D eigenvalue weighted by Crippen LogP contribution is -2.42. The molecule has 3 heterocycles. The van der Waals surface area contributed by atoms with Gasteiger partial charge in [-0.15, -0.1) is 0 Å². The maximum atomic E-state index is 12.2. The molecule has 1 amide bonds. The summed E-state index contributed by atoms with van der Waals surface area (Å²) in [4.78, 5) is 17.0. The molecule has 0 aromatic heterocycles. The Hall–Kier alpha value is -0.660. The molecule has 3 aliphatic heterocycles. The van der Waals surface area contributed by atoms with Crippen LogP contribution in [0.5, 0.6) is 0 Å². The van der Waals surface area contributed by atoms with E-state index in [0.29, 0.717) is 29.9 Å². The molecule has 1 unspecified atom stereocenters. The second-order valence-electron chi connectivity index (χ2n) is 8.84. The van der Waals surface area contributed by atoms with Crippen LogP contribution >= 0.6 is 0 Å². The largest absolute Gasteiger partial charge is 0.355 e. The molecule has 0 spiro atoms. The predicted molar refractivity (Wildman–Crippen MR) is 108 cm³/mol. The molecule has 3 saturated heterocycles. The van der Waals surface area contributed by atoms with Gasteiger partial charge >= 0.3 is 0 Å². The van der Waals surface area contributed by atoms with E-state index in [9.17, 15) is 13.2 Å². The highest BCUT2D eigenvalue weighted by Gasteiger charge is 2.28. The molecule has 0 aliphatic carbocycles. The van der Waals surface area contributed by atoms with Crippen LogP contribution < -0.4 is 5.32 Å². The van der Waals surface area contributed by atoms with Crippen molar-refractivity contribution in [3.05, 3.63) is 0 Å². The molecule has 156 valence electrons. The summed E-state index contributed by atoms with van der Waals surface area (Å²) >= 11 is 0. The van der Waals surface area contributed by atoms with Crippen molar-refractivity contribution in [1.29, 1.82) is 0 Å². The molecule has 0 aromatic rings. The molecule has 0 bridgehead atoms. The van der Waals surface area contributed by atoms with Crippen molar-refractivity contribution in [3.63, 3.8) is 0 Å². The van der Waals surface area contributed by atoms with Crippen LogP contribution in [0.4, 0.5) is 0 Å². The number of carbonyl (C=O) groups excluding carboxylic acids is 1. The Bertz CT molecular complexity index is 565. The number of nitrogens with zero attached hydrogens (tertiary/aromatic N) is 2. The van der Waals surface area contributed by atoms with Crippen LogP contribution in [0.25, 0.3) is 0 Å². The van der Waals surface area contributed by atoms with Gasteiger partial charge in [0, 0.05) is 6.54 Å². The average molecular weight is 400 g/mol. The fraction of sp³-hybridized carbons (Fsp3) is 0.950. The SMILES string of the molecule is O=C(CN1CCCCCC1)NCC1CCN(CCC2CCS(=O)(=O)C2)CC1. The molecule has 3 fully saturated rings. The third-order valence-corrected chi connectivity index (χ3v) is 8.38. The van der Waals surface area contributed by atoms with Gasteiger partial charge in [0.25, 0.3) is 0 Å². The van der Waals surface area contributed by atoms with Gasteiger partial charge in [0.15, 0.2) is 9.84 Å². The third kappa shape index (κ3) is 7.35. The minimum absolute atomic E-state index is 0.182. The summed E-state index contributed by atoms with van der Waals surface area (Å²) in [6.45, 7) is 6.67. The summed E-state index contributed by atoms with van der Waals surface area (Å²) < 4.78 is 23.1. The number of amides is 1. The van der Waals surface area contributed by atoms with Crippen molar-refractivity contribution in [2.45, 2.75) is 51.4 Å². The maximum absolute atomic E-state index is 12.2. The van der Waals surface area contributed by atoms with Gasteiger partial charge < -0.3 is 10.2 Å². The zero-order valence-electron chi connectivity index (χ0n) is 16.7. The highest BCUT2D eigenvalue weighted by molar-refractivity contribution is 7.91. The van der Waals surface area contributed by atoms with Crippen molar-refractivity contribution < 1.29 is 13.2 Å². The van der Waals surface area contributed by atoms with E-state index in [2.05, 4.69) is 15.1 Å². The lowest BCUT2D eigenvalue weighted by Gasteiger charge is -2.32. The van der Waals surface area contributed by atoms with Crippen LogP contribution in [-0.2, 0) is 14.6 Å². The van der Waals surface area contributed by atoms with Crippen LogP contribution in [0.2, 0.25) is 0 Å². The van der Waals surface area contributed by atoms with Gasteiger partial charge in [0.05, 0.1) is 18.1 Å². The Kier molecular flexibility index (Phi) is 7.97. The van der Waals surface area contributed by atoms with Crippen LogP contribution in [0, 0.1) is 11.8 Å². The topological polar surface area (TPSA) is 69.7 Å². The highest BCUT2D eigenvalue weighted by atomic mass is 32.2. The minimum atomic E-state index is -2.75. The summed E-state index contributed by atoms with van der Waals surface area (Å²) in [7, 11) is -2.75. The van der Waals surface area contributed by atoms with E-state index >= 15 is 0 Å². The first-order valence-electron chi connectivity index (χ1n) is 10.9. The van der Waals surface area contributed by atoms with Gasteiger partial charge in [-0.05, 0) is 83.1 Å². The number of piperidine rings is 1. The molecule has 0 radical (unpaired) electrons. The molecule has 0 saturated carbocycles. The maximum Gasteiger partial charge on any atom is 0.234 e. The number of rotatable bonds is 7. The van der Waals surface area contributed by atoms with Gasteiger partial charge in [0.1, 0.15) is 0 Å². The molecule has 27 heavy (non-hydrogen) atoms. The molecule has 7 heteroatoms. The number of hydrogen-bond acceptors (Lipinski definition) is 5. The van der Waals surface area contributed by atoms with E-state index in [1.165, 1.54) is 25.7 Å². The fourth-order valence-electron chi connectivity index (χ4n) is 4.69. The molecule has 1 N–H and O–H groups in total. The zero-order valence-corrected chi connectivity index (χ0v) is 17.5. The molecule has 1 atom stereocenters. The van der Waals surface area contributed by atoms with E-state index in [1.54, 1.807) is 0 Å². The van der Waals surface area contributed by atoms with Crippen LogP contribution in [0.1, 0.15) is 51.4 Å². The Morgan fingerprint density at radius 1 is 0.889 bits per heavy atom. The van der Waals surface area contributed by atoms with Gasteiger partial charge in [-0.3, -0.25) is 9.69 Å². The van der Waals surface area contributed by atoms with E-state index < -0.39 is 9.84 Å². The highest BCUT2D eigenvalue weighted by Crippen LogP contribution is 2.23. The summed E-state index contributed by atoms with van der Waals surface area (Å²) in [6.07, 6.45) is 9.16. The predicted octanol–water partition coefficient (Wildman–Crippen LogP) is 1.52. The Morgan fingerprint density at radius 3 is 2.22 bits per heavy atom. The van der Waals surface area contributed by atoms with E-state index in [1.807, 2.05) is 0 Å². The molecule has 3 aliphatic rings. The number of sulfone groups is 1. The van der Waals surface area contributed by atoms with Crippen molar-refractivity contribution in [2.75, 3.05) is 57.3 Å². The van der Waals surface area contributed by atoms with Gasteiger partial charge in [0.2, 0.25) is 5.91 Å². The minimum Gasteiger partial charge on any atom is -0.355 e. The first-order chi connectivity index (χ1) is 13.0. The molecule has 6 nitrogen and oxygen atoms in total. The summed E-state index contributed by atoms with van der Waals surface area (Å²) in [5.74, 6) is 1.91. The Balaban J connectivity index is 1.26. The molecular weight excluding hydrogens is 362 g/mol. The quantitative estimate of drug-likeness (QED) is 0.703. The number of carbonyl (C=O) groups is 1. The normalized spacial score (nSPS) is 28.1. The van der Waals surface area contributed by atoms with Crippen molar-refractivity contribution in [1.82, 2.24) is 15.1 Å². The summed E-state index contributed by atoms with van der Waals surface area (Å²) in [5.41, 5.74) is 0. The van der Waals surface area contributed by atoms with E-state index in [4.69, 9.17) is 0 Å². The average Bonchev–Trinajstić information content (AvgIpc) is 2.83. The lowest BCUT2D eigenvalue weighted by atomic mass is 9.96. The van der Waals surface area contributed by atoms with Crippen molar-refractivity contribution in [3.8, 4) is 0 Å². The van der Waals surface area contributed by atoms with Crippen molar-refractivity contribution >= 4 is 15.7 Å². The second kappa shape index (κ2) is 10.2. The van der Waals surface area contributed by atoms with Crippen LogP contribution in [-0.4, -0.2) is 81.4 Å². The smallest absolute Gasteiger partial charge is 0.234 e. The van der Waals surface area contributed by atoms with E-state index in [-0.39, 0.29) is 5.91 Å². The number of nitrogens with one attached hydrogen (secondary N) is 1. The summed E-state index contributed by atoms with van der Waals surface area (Å²) in [5, 5.41) is 3.15. The first kappa shape index (κ1) is 21.1. The molecule has 0 aromatic carbocycles. The Morgan fingerprint density at radius 2 is 1.59 bits per heavy atom. The van der Waals surface area contributed by atoms with E-state index in [0.717, 1.165) is 65.0 Å². The molecular formula is C20H37N3O3S. The fourth-order valence-corrected chi connectivity index (χ4v) is 6.60. The lowest BCUT2D eigenvalue weighted by molar-refractivity contribution is -0.122. The monoisotopic (exact) mass is 399 g/mol. The Labute approximate surface area is 165 Å². The van der Waals surface area contributed by atoms with Gasteiger partial charge in [-0.1, -0.05) is 12.8 Å². The standard InChI is InChI=1S/C20H37N3O3S/c24-20(16-23-9-3-1-2-4-10-23)21-15-18-5-11-22(12-6-18)13-7-19-8-14-27(25,26)17-19/h18-19H,1-17H2,(H,21,24). The summed E-state index contributed by atoms with van der Waals surface area (Å²) in [6, 6.07) is 0. The second-order valence-corrected chi connectivity index (χ2v) is 11.1. The first-order valence-corrected chi connectivity index (χ1v) is 12.7. The zero-order chi connectivity index (χ0) is 19.1. The van der Waals surface area contributed by atoms with Crippen molar-refractivity contribution in [2.24, 2.45) is 11.8 Å². The third-order valence-electron chi connectivity index (χ3n) is 6.54. The van der Waals surface area contributed by atoms with Crippen LogP contribution in [0.3, 0.4) is 0 Å². The molecule has 3 rings (SSSR count). The van der Waals surface area contributed by atoms with Crippen LogP contribution in [0.15, 0.2) is 0 Å². The number of hydrogen-bond donors (Lipinski definition) is 1. The van der Waals surface area contributed by atoms with Gasteiger partial charge in [-0.2, -0.15) is 0 Å². The number of likely N-dealkylation sites (tertiary alicyclic amines) is 2.